The van der Waals surface area contributed by atoms with Crippen LogP contribution >= 0.6 is 23.1 Å². The van der Waals surface area contributed by atoms with Crippen LogP contribution in [0.1, 0.15) is 26.7 Å². The number of nitrogens with one attached hydrogen (secondary N) is 3. The monoisotopic (exact) mass is 329 g/mol. The topological polar surface area (TPSA) is 96.0 Å². The molecule has 1 fully saturated rings. The second-order valence-electron chi connectivity index (χ2n) is 5.08. The molecule has 1 aromatic heterocycles. The number of carbonyl (C=O) groups is 2. The van der Waals surface area contributed by atoms with Gasteiger partial charge in [0.05, 0.1) is 12.3 Å². The third-order valence-electron chi connectivity index (χ3n) is 2.53. The summed E-state index contributed by atoms with van der Waals surface area (Å²) in [6, 6.07) is 0.612. The van der Waals surface area contributed by atoms with Crippen molar-refractivity contribution in [3.05, 3.63) is 0 Å². The molecule has 0 unspecified atom stereocenters. The highest BCUT2D eigenvalue weighted by Gasteiger charge is 2.22. The fraction of sp³-hybridized carbons (Fsp3) is 0.667. The van der Waals surface area contributed by atoms with Gasteiger partial charge in [0.1, 0.15) is 0 Å². The van der Waals surface area contributed by atoms with E-state index in [0.29, 0.717) is 6.04 Å². The Kier molecular flexibility index (Phi) is 5.80. The number of hydrogen-bond donors (Lipinski definition) is 3. The molecule has 0 aliphatic heterocycles. The Morgan fingerprint density at radius 3 is 2.76 bits per heavy atom. The molecule has 0 bridgehead atoms. The summed E-state index contributed by atoms with van der Waals surface area (Å²) < 4.78 is 0.750. The first-order chi connectivity index (χ1) is 10.0. The molecule has 1 aliphatic rings. The lowest BCUT2D eigenvalue weighted by atomic mass is 10.4. The molecule has 3 N–H and O–H groups in total. The number of carbonyl (C=O) groups excluding carboxylic acids is 2. The lowest BCUT2D eigenvalue weighted by molar-refractivity contribution is -0.125. The maximum absolute atomic E-state index is 11.6. The van der Waals surface area contributed by atoms with Gasteiger partial charge in [-0.05, 0) is 26.7 Å². The van der Waals surface area contributed by atoms with Crippen molar-refractivity contribution >= 4 is 40.0 Å². The Morgan fingerprint density at radius 2 is 2.10 bits per heavy atom. The maximum Gasteiger partial charge on any atom is 0.239 e. The van der Waals surface area contributed by atoms with E-state index in [-0.39, 0.29) is 30.2 Å². The van der Waals surface area contributed by atoms with Gasteiger partial charge in [-0.25, -0.2) is 0 Å². The molecule has 0 saturated heterocycles. The van der Waals surface area contributed by atoms with Crippen LogP contribution in [0, 0.1) is 0 Å². The average molecular weight is 329 g/mol. The van der Waals surface area contributed by atoms with Crippen LogP contribution in [0.15, 0.2) is 4.34 Å². The molecule has 9 heteroatoms. The van der Waals surface area contributed by atoms with Crippen LogP contribution < -0.4 is 16.0 Å². The maximum atomic E-state index is 11.6. The van der Waals surface area contributed by atoms with Crippen LogP contribution in [0.2, 0.25) is 0 Å². The zero-order chi connectivity index (χ0) is 15.2. The van der Waals surface area contributed by atoms with Crippen molar-refractivity contribution in [2.24, 2.45) is 0 Å². The summed E-state index contributed by atoms with van der Waals surface area (Å²) >= 11 is 2.77. The summed E-state index contributed by atoms with van der Waals surface area (Å²) in [5.74, 6) is -0.145. The van der Waals surface area contributed by atoms with Gasteiger partial charge in [-0.15, -0.1) is 10.2 Å². The van der Waals surface area contributed by atoms with Crippen molar-refractivity contribution in [1.29, 1.82) is 0 Å². The van der Waals surface area contributed by atoms with Crippen LogP contribution in [0.4, 0.5) is 5.13 Å². The fourth-order valence-electron chi connectivity index (χ4n) is 1.46. The number of rotatable bonds is 8. The minimum absolute atomic E-state index is 0.00216. The molecule has 1 aliphatic carbocycles. The van der Waals surface area contributed by atoms with Gasteiger partial charge < -0.3 is 16.0 Å². The van der Waals surface area contributed by atoms with Crippen LogP contribution in [0.25, 0.3) is 0 Å². The highest BCUT2D eigenvalue weighted by Crippen LogP contribution is 2.29. The van der Waals surface area contributed by atoms with Gasteiger partial charge >= 0.3 is 0 Å². The molecular weight excluding hydrogens is 310 g/mol. The number of hydrogen-bond acceptors (Lipinski definition) is 7. The Labute approximate surface area is 131 Å². The Hall–Kier alpha value is -1.35. The molecule has 0 aromatic carbocycles. The van der Waals surface area contributed by atoms with Gasteiger partial charge in [-0.2, -0.15) is 0 Å². The largest absolute Gasteiger partial charge is 0.357 e. The van der Waals surface area contributed by atoms with Crippen LogP contribution in [0.3, 0.4) is 0 Å². The molecule has 0 spiro atoms. The van der Waals surface area contributed by atoms with Crippen LogP contribution in [0.5, 0.6) is 0 Å². The third-order valence-corrected chi connectivity index (χ3v) is 4.52. The molecule has 116 valence electrons. The standard InChI is InChI=1S/C12H19N5O2S2/c1-7(2)14-9(18)5-13-10(19)6-20-12-17-16-11(21-12)15-8-3-4-8/h7-8H,3-6H2,1-2H3,(H,13,19)(H,14,18)(H,15,16). The van der Waals surface area contributed by atoms with E-state index < -0.39 is 0 Å². The lowest BCUT2D eigenvalue weighted by Gasteiger charge is -2.08. The third kappa shape index (κ3) is 6.30. The highest BCUT2D eigenvalue weighted by atomic mass is 32.2. The Bertz CT molecular complexity index is 502. The normalized spacial score (nSPS) is 14.0. The minimum Gasteiger partial charge on any atom is -0.357 e. The quantitative estimate of drug-likeness (QED) is 0.612. The molecule has 1 saturated carbocycles. The average Bonchev–Trinajstić information content (AvgIpc) is 3.11. The zero-order valence-corrected chi connectivity index (χ0v) is 13.6. The molecule has 2 amide bonds. The van der Waals surface area contributed by atoms with E-state index in [1.54, 1.807) is 0 Å². The van der Waals surface area contributed by atoms with E-state index in [1.807, 2.05) is 13.8 Å². The van der Waals surface area contributed by atoms with Crippen molar-refractivity contribution < 1.29 is 9.59 Å². The number of thioether (sulfide) groups is 1. The predicted molar refractivity (Wildman–Crippen MR) is 83.6 cm³/mol. The molecule has 7 nitrogen and oxygen atoms in total. The molecule has 21 heavy (non-hydrogen) atoms. The summed E-state index contributed by atoms with van der Waals surface area (Å²) in [4.78, 5) is 23.0. The first kappa shape index (κ1) is 16.0. The van der Waals surface area contributed by atoms with Crippen molar-refractivity contribution in [1.82, 2.24) is 20.8 Å². The Morgan fingerprint density at radius 1 is 1.33 bits per heavy atom. The first-order valence-corrected chi connectivity index (χ1v) is 8.62. The van der Waals surface area contributed by atoms with Crippen molar-refractivity contribution in [3.8, 4) is 0 Å². The smallest absolute Gasteiger partial charge is 0.239 e. The minimum atomic E-state index is -0.189. The van der Waals surface area contributed by atoms with E-state index >= 15 is 0 Å². The van der Waals surface area contributed by atoms with Crippen molar-refractivity contribution in [2.45, 2.75) is 43.1 Å². The highest BCUT2D eigenvalue weighted by molar-refractivity contribution is 8.01. The second kappa shape index (κ2) is 7.60. The van der Waals surface area contributed by atoms with E-state index in [4.69, 9.17) is 0 Å². The van der Waals surface area contributed by atoms with Gasteiger partial charge in [-0.3, -0.25) is 9.59 Å². The van der Waals surface area contributed by atoms with E-state index in [9.17, 15) is 9.59 Å². The number of aromatic nitrogens is 2. The Balaban J connectivity index is 1.63. The van der Waals surface area contributed by atoms with Gasteiger partial charge in [-0.1, -0.05) is 23.1 Å². The number of nitrogens with zero attached hydrogens (tertiary/aromatic N) is 2. The van der Waals surface area contributed by atoms with Gasteiger partial charge in [0.25, 0.3) is 0 Å². The molecule has 0 radical (unpaired) electrons. The molecule has 1 heterocycles. The van der Waals surface area contributed by atoms with Gasteiger partial charge in [0.2, 0.25) is 16.9 Å². The number of anilines is 1. The summed E-state index contributed by atoms with van der Waals surface area (Å²) in [7, 11) is 0. The second-order valence-corrected chi connectivity index (χ2v) is 7.28. The SMILES string of the molecule is CC(C)NC(=O)CNC(=O)CSc1nnc(NC2CC2)s1. The van der Waals surface area contributed by atoms with Crippen molar-refractivity contribution in [3.63, 3.8) is 0 Å². The summed E-state index contributed by atoms with van der Waals surface area (Å²) in [5, 5.41) is 17.4. The van der Waals surface area contributed by atoms with Crippen LogP contribution in [-0.2, 0) is 9.59 Å². The molecule has 1 aromatic rings. The van der Waals surface area contributed by atoms with E-state index in [1.165, 1.54) is 35.9 Å². The fourth-order valence-corrected chi connectivity index (χ4v) is 3.12. The van der Waals surface area contributed by atoms with Gasteiger partial charge in [0.15, 0.2) is 4.34 Å². The first-order valence-electron chi connectivity index (χ1n) is 6.82. The molecule has 2 rings (SSSR count). The zero-order valence-electron chi connectivity index (χ0n) is 12.0. The van der Waals surface area contributed by atoms with E-state index in [0.717, 1.165) is 9.47 Å². The number of amides is 2. The summed E-state index contributed by atoms with van der Waals surface area (Å²) in [6.45, 7) is 3.75. The summed E-state index contributed by atoms with van der Waals surface area (Å²) in [6.07, 6.45) is 2.37. The predicted octanol–water partition coefficient (Wildman–Crippen LogP) is 0.845. The van der Waals surface area contributed by atoms with Crippen molar-refractivity contribution in [2.75, 3.05) is 17.6 Å². The van der Waals surface area contributed by atoms with Crippen LogP contribution in [-0.4, -0.2) is 46.4 Å². The van der Waals surface area contributed by atoms with Gasteiger partial charge in [0, 0.05) is 12.1 Å². The lowest BCUT2D eigenvalue weighted by Crippen LogP contribution is -2.40. The molecule has 0 atom stereocenters. The summed E-state index contributed by atoms with van der Waals surface area (Å²) in [5.41, 5.74) is 0. The van der Waals surface area contributed by atoms with E-state index in [2.05, 4.69) is 26.1 Å². The molecular formula is C12H19N5O2S2.